The van der Waals surface area contributed by atoms with Crippen LogP contribution in [-0.2, 0) is 0 Å². The lowest BCUT2D eigenvalue weighted by Crippen LogP contribution is -2.26. The molecule has 0 aromatic heterocycles. The van der Waals surface area contributed by atoms with Crippen LogP contribution in [0.25, 0.3) is 0 Å². The van der Waals surface area contributed by atoms with Crippen LogP contribution in [0.3, 0.4) is 0 Å². The number of benzene rings is 1. The molecule has 19 heavy (non-hydrogen) atoms. The number of hydrogen-bond acceptors (Lipinski definition) is 2. The van der Waals surface area contributed by atoms with E-state index in [0.717, 1.165) is 29.4 Å². The number of hydrogen-bond donors (Lipinski definition) is 1. The number of nitrogens with one attached hydrogen (secondary N) is 1. The third-order valence-electron chi connectivity index (χ3n) is 3.45. The zero-order valence-electron chi connectivity index (χ0n) is 12.1. The highest BCUT2D eigenvalue weighted by molar-refractivity contribution is 9.10. The molecule has 2 rings (SSSR count). The topological polar surface area (TPSA) is 21.3 Å². The molecule has 0 spiro atoms. The Balaban J connectivity index is 1.86. The first kappa shape index (κ1) is 14.9. The summed E-state index contributed by atoms with van der Waals surface area (Å²) in [6.45, 7) is 8.47. The van der Waals surface area contributed by atoms with Crippen LogP contribution in [0.15, 0.2) is 22.7 Å². The summed E-state index contributed by atoms with van der Waals surface area (Å²) in [7, 11) is 0. The van der Waals surface area contributed by atoms with Gasteiger partial charge in [-0.2, -0.15) is 0 Å². The Morgan fingerprint density at radius 1 is 1.32 bits per heavy atom. The fourth-order valence-electron chi connectivity index (χ4n) is 2.05. The molecule has 0 heterocycles. The third kappa shape index (κ3) is 4.81. The highest BCUT2D eigenvalue weighted by atomic mass is 79.9. The van der Waals surface area contributed by atoms with Crippen molar-refractivity contribution in [2.45, 2.75) is 45.6 Å². The Morgan fingerprint density at radius 2 is 2.05 bits per heavy atom. The molecule has 0 aliphatic heterocycles. The van der Waals surface area contributed by atoms with E-state index in [1.165, 1.54) is 18.4 Å². The SMILES string of the molecule is CC(CNC1CC1)COc1ccc(Br)cc1C(C)C. The number of halogens is 1. The molecule has 1 aliphatic rings. The van der Waals surface area contributed by atoms with Crippen LogP contribution in [0.4, 0.5) is 0 Å². The van der Waals surface area contributed by atoms with Crippen LogP contribution >= 0.6 is 15.9 Å². The van der Waals surface area contributed by atoms with Crippen molar-refractivity contribution in [2.24, 2.45) is 5.92 Å². The second-order valence-corrected chi connectivity index (χ2v) is 6.85. The minimum absolute atomic E-state index is 0.479. The van der Waals surface area contributed by atoms with E-state index in [2.05, 4.69) is 54.2 Å². The van der Waals surface area contributed by atoms with Gasteiger partial charge in [0, 0.05) is 23.0 Å². The highest BCUT2D eigenvalue weighted by Gasteiger charge is 2.21. The van der Waals surface area contributed by atoms with Crippen molar-refractivity contribution in [3.63, 3.8) is 0 Å². The maximum absolute atomic E-state index is 6.01. The van der Waals surface area contributed by atoms with Gasteiger partial charge in [0.2, 0.25) is 0 Å². The van der Waals surface area contributed by atoms with Crippen LogP contribution in [-0.4, -0.2) is 19.2 Å². The fraction of sp³-hybridized carbons (Fsp3) is 0.625. The van der Waals surface area contributed by atoms with Crippen molar-refractivity contribution in [2.75, 3.05) is 13.2 Å². The van der Waals surface area contributed by atoms with E-state index < -0.39 is 0 Å². The van der Waals surface area contributed by atoms with E-state index in [4.69, 9.17) is 4.74 Å². The Labute approximate surface area is 125 Å². The van der Waals surface area contributed by atoms with E-state index in [-0.39, 0.29) is 0 Å². The molecule has 1 unspecified atom stereocenters. The molecular formula is C16H24BrNO. The van der Waals surface area contributed by atoms with Crippen LogP contribution in [0.1, 0.15) is 45.1 Å². The van der Waals surface area contributed by atoms with Crippen molar-refractivity contribution in [3.05, 3.63) is 28.2 Å². The molecule has 1 saturated carbocycles. The van der Waals surface area contributed by atoms with Gasteiger partial charge in [-0.25, -0.2) is 0 Å². The monoisotopic (exact) mass is 325 g/mol. The summed E-state index contributed by atoms with van der Waals surface area (Å²) in [4.78, 5) is 0. The van der Waals surface area contributed by atoms with Gasteiger partial charge in [0.05, 0.1) is 6.61 Å². The summed E-state index contributed by atoms with van der Waals surface area (Å²) in [6, 6.07) is 7.06. The van der Waals surface area contributed by atoms with E-state index in [1.54, 1.807) is 0 Å². The molecule has 1 N–H and O–H groups in total. The first-order valence-corrected chi connectivity index (χ1v) is 8.01. The second kappa shape index (κ2) is 6.76. The quantitative estimate of drug-likeness (QED) is 0.805. The molecule has 0 saturated heterocycles. The van der Waals surface area contributed by atoms with Gasteiger partial charge in [0.25, 0.3) is 0 Å². The van der Waals surface area contributed by atoms with Gasteiger partial charge >= 0.3 is 0 Å². The molecule has 1 aromatic rings. The summed E-state index contributed by atoms with van der Waals surface area (Å²) >= 11 is 3.53. The Kier molecular flexibility index (Phi) is 5.28. The van der Waals surface area contributed by atoms with Gasteiger partial charge in [-0.05, 0) is 42.5 Å². The molecule has 1 aromatic carbocycles. The largest absolute Gasteiger partial charge is 0.493 e. The van der Waals surface area contributed by atoms with Crippen LogP contribution in [0, 0.1) is 5.92 Å². The Bertz CT molecular complexity index is 415. The summed E-state index contributed by atoms with van der Waals surface area (Å²) in [5.41, 5.74) is 1.27. The highest BCUT2D eigenvalue weighted by Crippen LogP contribution is 2.29. The zero-order chi connectivity index (χ0) is 13.8. The molecule has 1 fully saturated rings. The molecular weight excluding hydrogens is 302 g/mol. The van der Waals surface area contributed by atoms with Crippen molar-refractivity contribution >= 4 is 15.9 Å². The molecule has 1 atom stereocenters. The van der Waals surface area contributed by atoms with Crippen LogP contribution < -0.4 is 10.1 Å². The van der Waals surface area contributed by atoms with E-state index >= 15 is 0 Å². The molecule has 0 bridgehead atoms. The lowest BCUT2D eigenvalue weighted by Gasteiger charge is -2.18. The number of ether oxygens (including phenoxy) is 1. The van der Waals surface area contributed by atoms with Crippen molar-refractivity contribution in [1.29, 1.82) is 0 Å². The van der Waals surface area contributed by atoms with Gasteiger partial charge in [-0.15, -0.1) is 0 Å². The second-order valence-electron chi connectivity index (χ2n) is 5.94. The lowest BCUT2D eigenvalue weighted by atomic mass is 10.0. The molecule has 106 valence electrons. The lowest BCUT2D eigenvalue weighted by molar-refractivity contribution is 0.252. The van der Waals surface area contributed by atoms with Gasteiger partial charge in [-0.3, -0.25) is 0 Å². The summed E-state index contributed by atoms with van der Waals surface area (Å²) < 4.78 is 7.12. The molecule has 3 heteroatoms. The van der Waals surface area contributed by atoms with Crippen LogP contribution in [0.5, 0.6) is 5.75 Å². The van der Waals surface area contributed by atoms with Gasteiger partial charge in [-0.1, -0.05) is 36.7 Å². The normalized spacial score (nSPS) is 16.7. The molecule has 2 nitrogen and oxygen atoms in total. The average Bonchev–Trinajstić information content (AvgIpc) is 3.18. The van der Waals surface area contributed by atoms with Gasteiger partial charge < -0.3 is 10.1 Å². The van der Waals surface area contributed by atoms with Crippen molar-refractivity contribution in [1.82, 2.24) is 5.32 Å². The smallest absolute Gasteiger partial charge is 0.122 e. The zero-order valence-corrected chi connectivity index (χ0v) is 13.7. The van der Waals surface area contributed by atoms with Crippen molar-refractivity contribution < 1.29 is 4.74 Å². The van der Waals surface area contributed by atoms with Gasteiger partial charge in [0.1, 0.15) is 5.75 Å². The maximum atomic E-state index is 6.01. The first-order chi connectivity index (χ1) is 9.06. The van der Waals surface area contributed by atoms with Gasteiger partial charge in [0.15, 0.2) is 0 Å². The summed E-state index contributed by atoms with van der Waals surface area (Å²) in [6.07, 6.45) is 2.69. The molecule has 0 amide bonds. The minimum atomic E-state index is 0.479. The molecule has 1 aliphatic carbocycles. The standard InChI is InChI=1S/C16H24BrNO/c1-11(2)15-8-13(17)4-7-16(15)19-10-12(3)9-18-14-5-6-14/h4,7-8,11-12,14,18H,5-6,9-10H2,1-3H3. The van der Waals surface area contributed by atoms with E-state index in [1.807, 2.05) is 6.07 Å². The Morgan fingerprint density at radius 3 is 2.68 bits per heavy atom. The van der Waals surface area contributed by atoms with Crippen molar-refractivity contribution in [3.8, 4) is 5.75 Å². The Hall–Kier alpha value is -0.540. The maximum Gasteiger partial charge on any atom is 0.122 e. The minimum Gasteiger partial charge on any atom is -0.493 e. The summed E-state index contributed by atoms with van der Waals surface area (Å²) in [5, 5.41) is 3.55. The number of rotatable bonds is 7. The average molecular weight is 326 g/mol. The fourth-order valence-corrected chi connectivity index (χ4v) is 2.43. The third-order valence-corrected chi connectivity index (χ3v) is 3.94. The first-order valence-electron chi connectivity index (χ1n) is 7.22. The predicted octanol–water partition coefficient (Wildman–Crippen LogP) is 4.34. The molecule has 0 radical (unpaired) electrons. The summed E-state index contributed by atoms with van der Waals surface area (Å²) in [5.74, 6) is 2.05. The van der Waals surface area contributed by atoms with E-state index in [9.17, 15) is 0 Å². The van der Waals surface area contributed by atoms with E-state index in [0.29, 0.717) is 11.8 Å². The predicted molar refractivity (Wildman–Crippen MR) is 83.9 cm³/mol. The van der Waals surface area contributed by atoms with Crippen LogP contribution in [0.2, 0.25) is 0 Å².